The second-order valence-electron chi connectivity index (χ2n) is 10.9. The first-order chi connectivity index (χ1) is 21.1. The second kappa shape index (κ2) is 10.5. The van der Waals surface area contributed by atoms with E-state index in [0.717, 1.165) is 27.9 Å². The van der Waals surface area contributed by atoms with Crippen LogP contribution in [0.3, 0.4) is 0 Å². The molecule has 1 aliphatic rings. The van der Waals surface area contributed by atoms with E-state index in [1.807, 2.05) is 96.5 Å². The molecular weight excluding hydrogens is 548 g/mol. The Morgan fingerprint density at radius 2 is 0.930 bits per heavy atom. The molecule has 1 heterocycles. The molecule has 0 amide bonds. The predicted molar refractivity (Wildman–Crippen MR) is 179 cm³/mol. The van der Waals surface area contributed by atoms with E-state index in [4.69, 9.17) is 4.52 Å². The van der Waals surface area contributed by atoms with Gasteiger partial charge in [-0.25, -0.2) is 0 Å². The van der Waals surface area contributed by atoms with Gasteiger partial charge in [0, 0.05) is 0 Å². The van der Waals surface area contributed by atoms with Crippen LogP contribution in [0.4, 0.5) is 9.88 Å². The molecule has 6 aromatic carbocycles. The predicted octanol–water partition coefficient (Wildman–Crippen LogP) is 9.21. The molecule has 0 atom stereocenters. The first-order valence-corrected chi connectivity index (χ1v) is 16.7. The molecule has 7 rings (SSSR count). The minimum absolute atomic E-state index is 0.434. The Morgan fingerprint density at radius 1 is 0.535 bits per heavy atom. The van der Waals surface area contributed by atoms with E-state index in [1.165, 1.54) is 0 Å². The molecule has 2 nitrogen and oxygen atoms in total. The molecule has 0 unspecified atom stereocenters. The van der Waals surface area contributed by atoms with Gasteiger partial charge in [-0.15, -0.1) is 0 Å². The van der Waals surface area contributed by atoms with E-state index in [-0.39, 0.29) is 0 Å². The first-order valence-electron chi connectivity index (χ1n) is 14.7. The molecule has 0 spiro atoms. The molecule has 0 aliphatic carbocycles. The molecule has 212 valence electrons. The molecule has 0 bridgehead atoms. The Balaban J connectivity index is 1.53. The zero-order valence-corrected chi connectivity index (χ0v) is 24.9. The Kier molecular flexibility index (Phi) is 6.64. The van der Waals surface area contributed by atoms with Crippen molar-refractivity contribution in [2.45, 2.75) is 12.3 Å². The van der Waals surface area contributed by atoms with Crippen LogP contribution < -0.4 is 19.8 Å². The van der Waals surface area contributed by atoms with Gasteiger partial charge in [-0.2, -0.15) is 0 Å². The molecule has 0 N–H and O–H groups in total. The SMILES string of the molecule is CCN1c2cc(C(c3ccccc3)(c3ccccc3)c3ccccc3)ccc2OP1(F)(c1ccccc1)c1ccccc1. The average Bonchev–Trinajstić information content (AvgIpc) is 3.37. The monoisotopic (exact) mass is 581 g/mol. The Bertz CT molecular complexity index is 1710. The zero-order chi connectivity index (χ0) is 29.4. The number of fused-ring (bicyclic) bond motifs is 1. The minimum atomic E-state index is -4.83. The van der Waals surface area contributed by atoms with E-state index in [9.17, 15) is 0 Å². The van der Waals surface area contributed by atoms with Crippen LogP contribution in [0.25, 0.3) is 0 Å². The van der Waals surface area contributed by atoms with Crippen LogP contribution in [0.2, 0.25) is 0 Å². The van der Waals surface area contributed by atoms with Crippen molar-refractivity contribution in [3.8, 4) is 5.75 Å². The topological polar surface area (TPSA) is 12.5 Å². The van der Waals surface area contributed by atoms with Crippen molar-refractivity contribution in [1.82, 2.24) is 0 Å². The molecule has 4 heteroatoms. The molecule has 1 aliphatic heterocycles. The molecule has 6 aromatic rings. The van der Waals surface area contributed by atoms with Gasteiger partial charge in [0.2, 0.25) is 0 Å². The van der Waals surface area contributed by atoms with E-state index < -0.39 is 12.7 Å². The van der Waals surface area contributed by atoms with Crippen LogP contribution in [0, 0.1) is 0 Å². The van der Waals surface area contributed by atoms with Crippen molar-refractivity contribution in [1.29, 1.82) is 0 Å². The molecule has 0 fully saturated rings. The van der Waals surface area contributed by atoms with Crippen molar-refractivity contribution in [2.24, 2.45) is 0 Å². The van der Waals surface area contributed by atoms with Gasteiger partial charge in [-0.05, 0) is 0 Å². The van der Waals surface area contributed by atoms with Crippen molar-refractivity contribution < 1.29 is 8.72 Å². The standard InChI is InChI=1S/C39H33FNOP/c1-2-41-37-30-34(28-29-38(37)42-43(41,40,35-24-14-6-15-25-35)36-26-16-7-17-27-36)39(31-18-8-3-9-19-31,32-20-10-4-11-21-32)33-22-12-5-13-23-33/h3-30H,2H2,1H3. The van der Waals surface area contributed by atoms with Crippen LogP contribution in [-0.2, 0) is 5.41 Å². The Labute approximate surface area is 253 Å². The molecular formula is C39H33FNOP. The second-order valence-corrected chi connectivity index (χ2v) is 14.4. The van der Waals surface area contributed by atoms with Crippen LogP contribution in [-0.4, -0.2) is 6.54 Å². The van der Waals surface area contributed by atoms with Crippen LogP contribution >= 0.6 is 7.29 Å². The van der Waals surface area contributed by atoms with Gasteiger partial charge >= 0.3 is 254 Å². The molecule has 0 radical (unpaired) electrons. The first kappa shape index (κ1) is 27.1. The summed E-state index contributed by atoms with van der Waals surface area (Å²) in [6, 6.07) is 56.9. The molecule has 0 aromatic heterocycles. The fourth-order valence-electron chi connectivity index (χ4n) is 6.84. The summed E-state index contributed by atoms with van der Waals surface area (Å²) in [5.74, 6) is 0.557. The third-order valence-corrected chi connectivity index (χ3v) is 13.0. The van der Waals surface area contributed by atoms with Crippen molar-refractivity contribution in [3.05, 3.63) is 192 Å². The van der Waals surface area contributed by atoms with Crippen molar-refractivity contribution >= 4 is 23.6 Å². The third kappa shape index (κ3) is 3.96. The summed E-state index contributed by atoms with van der Waals surface area (Å²) in [5.41, 5.74) is 4.58. The van der Waals surface area contributed by atoms with E-state index in [1.54, 1.807) is 0 Å². The average molecular weight is 582 g/mol. The normalized spacial score (nSPS) is 16.0. The fourth-order valence-corrected chi connectivity index (χ4v) is 10.9. The number of benzene rings is 6. The maximum atomic E-state index is 18.9. The van der Waals surface area contributed by atoms with Gasteiger partial charge in [0.05, 0.1) is 0 Å². The quantitative estimate of drug-likeness (QED) is 0.138. The number of nitrogens with zero attached hydrogens (tertiary/aromatic N) is 1. The summed E-state index contributed by atoms with van der Waals surface area (Å²) < 4.78 is 27.5. The molecule has 0 saturated heterocycles. The molecule has 43 heavy (non-hydrogen) atoms. The van der Waals surface area contributed by atoms with E-state index in [0.29, 0.717) is 22.9 Å². The number of hydrogen-bond donors (Lipinski definition) is 0. The van der Waals surface area contributed by atoms with Gasteiger partial charge in [0.1, 0.15) is 0 Å². The molecule has 0 saturated carbocycles. The number of anilines is 1. The van der Waals surface area contributed by atoms with Crippen molar-refractivity contribution in [3.63, 3.8) is 0 Å². The summed E-state index contributed by atoms with van der Waals surface area (Å²) in [4.78, 5) is 0. The van der Waals surface area contributed by atoms with Gasteiger partial charge in [-0.3, -0.25) is 0 Å². The van der Waals surface area contributed by atoms with Gasteiger partial charge in [0.25, 0.3) is 0 Å². The van der Waals surface area contributed by atoms with Gasteiger partial charge in [0.15, 0.2) is 0 Å². The van der Waals surface area contributed by atoms with Gasteiger partial charge < -0.3 is 0 Å². The summed E-state index contributed by atoms with van der Waals surface area (Å²) in [6.07, 6.45) is 0. The summed E-state index contributed by atoms with van der Waals surface area (Å²) in [5, 5.41) is 1.11. The van der Waals surface area contributed by atoms with Gasteiger partial charge in [-0.1, -0.05) is 0 Å². The van der Waals surface area contributed by atoms with E-state index in [2.05, 4.69) is 84.9 Å². The maximum absolute atomic E-state index is 18.9. The summed E-state index contributed by atoms with van der Waals surface area (Å²) in [6.45, 7) is 2.44. The van der Waals surface area contributed by atoms with Crippen LogP contribution in [0.15, 0.2) is 170 Å². The van der Waals surface area contributed by atoms with Crippen LogP contribution in [0.5, 0.6) is 5.75 Å². The summed E-state index contributed by atoms with van der Waals surface area (Å²) in [7, 11) is -4.83. The van der Waals surface area contributed by atoms with Crippen molar-refractivity contribution in [2.75, 3.05) is 11.2 Å². The summed E-state index contributed by atoms with van der Waals surface area (Å²) >= 11 is 0. The van der Waals surface area contributed by atoms with Crippen LogP contribution in [0.1, 0.15) is 29.2 Å². The van der Waals surface area contributed by atoms with E-state index >= 15 is 4.20 Å². The number of rotatable bonds is 7. The number of hydrogen-bond acceptors (Lipinski definition) is 2. The Morgan fingerprint density at radius 3 is 1.33 bits per heavy atom. The Hall–Kier alpha value is -4.72. The fraction of sp³-hybridized carbons (Fsp3) is 0.0769. The third-order valence-electron chi connectivity index (χ3n) is 8.69. The zero-order valence-electron chi connectivity index (χ0n) is 24.1. The number of halogens is 1.